The van der Waals surface area contributed by atoms with Gasteiger partial charge in [0, 0.05) is 26.2 Å². The van der Waals surface area contributed by atoms with Crippen LogP contribution in [0.3, 0.4) is 0 Å². The molecule has 3 N–H and O–H groups in total. The quantitative estimate of drug-likeness (QED) is 0.886. The van der Waals surface area contributed by atoms with Crippen molar-refractivity contribution >= 4 is 27.3 Å². The van der Waals surface area contributed by atoms with E-state index in [1.54, 1.807) is 18.7 Å². The van der Waals surface area contributed by atoms with Gasteiger partial charge in [-0.15, -0.1) is 10.2 Å². The van der Waals surface area contributed by atoms with Gasteiger partial charge in [0.15, 0.2) is 0 Å². The first kappa shape index (κ1) is 11.8. The van der Waals surface area contributed by atoms with Crippen LogP contribution in [0.2, 0.25) is 0 Å². The highest BCUT2D eigenvalue weighted by atomic mass is 79.9. The van der Waals surface area contributed by atoms with Crippen molar-refractivity contribution in [3.05, 3.63) is 29.0 Å². The summed E-state index contributed by atoms with van der Waals surface area (Å²) < 4.78 is 2.75. The molecule has 0 aromatic carbocycles. The molecule has 0 unspecified atom stereocenters. The van der Waals surface area contributed by atoms with E-state index in [1.165, 1.54) is 0 Å². The van der Waals surface area contributed by atoms with Crippen molar-refractivity contribution in [3.63, 3.8) is 0 Å². The summed E-state index contributed by atoms with van der Waals surface area (Å²) in [5.74, 6) is 0.932. The lowest BCUT2D eigenvalue weighted by atomic mass is 10.3. The van der Waals surface area contributed by atoms with Crippen LogP contribution < -0.4 is 11.1 Å². The Kier molecular flexibility index (Phi) is 3.58. The molecule has 0 bridgehead atoms. The SMILES string of the molecule is Cn1cnnc1CCNc1c(N)cncc1Br. The third kappa shape index (κ3) is 2.73. The van der Waals surface area contributed by atoms with E-state index in [9.17, 15) is 0 Å². The Hall–Kier alpha value is -1.63. The summed E-state index contributed by atoms with van der Waals surface area (Å²) in [5, 5.41) is 11.1. The lowest BCUT2D eigenvalue weighted by Crippen LogP contribution is -2.10. The predicted molar refractivity (Wildman–Crippen MR) is 69.5 cm³/mol. The molecule has 17 heavy (non-hydrogen) atoms. The van der Waals surface area contributed by atoms with Gasteiger partial charge in [0.25, 0.3) is 0 Å². The first-order chi connectivity index (χ1) is 8.18. The van der Waals surface area contributed by atoms with Crippen LogP contribution in [0, 0.1) is 0 Å². The molecule has 0 radical (unpaired) electrons. The number of anilines is 2. The average Bonchev–Trinajstić information content (AvgIpc) is 2.69. The number of halogens is 1. The number of hydrogen-bond acceptors (Lipinski definition) is 5. The van der Waals surface area contributed by atoms with E-state index in [0.29, 0.717) is 5.69 Å². The minimum absolute atomic E-state index is 0.623. The molecule has 7 heteroatoms. The first-order valence-electron chi connectivity index (χ1n) is 5.14. The summed E-state index contributed by atoms with van der Waals surface area (Å²) >= 11 is 3.40. The zero-order valence-corrected chi connectivity index (χ0v) is 11.0. The number of pyridine rings is 1. The molecule has 0 aliphatic carbocycles. The molecule has 0 spiro atoms. The third-order valence-electron chi connectivity index (χ3n) is 2.38. The Bertz CT molecular complexity index is 489. The fraction of sp³-hybridized carbons (Fsp3) is 0.300. The van der Waals surface area contributed by atoms with Crippen LogP contribution in [0.4, 0.5) is 11.4 Å². The van der Waals surface area contributed by atoms with E-state index in [1.807, 2.05) is 11.6 Å². The highest BCUT2D eigenvalue weighted by molar-refractivity contribution is 9.10. The minimum Gasteiger partial charge on any atom is -0.396 e. The van der Waals surface area contributed by atoms with Gasteiger partial charge in [0.2, 0.25) is 0 Å². The second-order valence-corrected chi connectivity index (χ2v) is 4.47. The van der Waals surface area contributed by atoms with Gasteiger partial charge in [0.1, 0.15) is 12.2 Å². The maximum absolute atomic E-state index is 5.82. The van der Waals surface area contributed by atoms with Crippen molar-refractivity contribution in [2.24, 2.45) is 7.05 Å². The fourth-order valence-corrected chi connectivity index (χ4v) is 1.96. The molecule has 0 aliphatic heterocycles. The lowest BCUT2D eigenvalue weighted by molar-refractivity contribution is 0.788. The van der Waals surface area contributed by atoms with Crippen molar-refractivity contribution < 1.29 is 0 Å². The number of nitrogens with one attached hydrogen (secondary N) is 1. The fourth-order valence-electron chi connectivity index (χ4n) is 1.47. The second-order valence-electron chi connectivity index (χ2n) is 3.62. The van der Waals surface area contributed by atoms with Crippen molar-refractivity contribution in [1.29, 1.82) is 0 Å². The summed E-state index contributed by atoms with van der Waals surface area (Å²) in [5.41, 5.74) is 7.31. The summed E-state index contributed by atoms with van der Waals surface area (Å²) in [7, 11) is 1.92. The number of rotatable bonds is 4. The number of aryl methyl sites for hydroxylation is 1. The smallest absolute Gasteiger partial charge is 0.134 e. The van der Waals surface area contributed by atoms with Gasteiger partial charge >= 0.3 is 0 Å². The topological polar surface area (TPSA) is 81.7 Å². The largest absolute Gasteiger partial charge is 0.396 e. The summed E-state index contributed by atoms with van der Waals surface area (Å²) in [6, 6.07) is 0. The molecular weight excluding hydrogens is 284 g/mol. The Morgan fingerprint density at radius 2 is 2.29 bits per heavy atom. The van der Waals surface area contributed by atoms with Crippen LogP contribution in [-0.2, 0) is 13.5 Å². The number of aromatic nitrogens is 4. The maximum Gasteiger partial charge on any atom is 0.134 e. The molecule has 0 aliphatic rings. The Balaban J connectivity index is 1.97. The van der Waals surface area contributed by atoms with Crippen molar-refractivity contribution in [1.82, 2.24) is 19.7 Å². The standard InChI is InChI=1S/C10H13BrN6/c1-17-6-15-16-9(17)2-3-14-10-7(11)4-13-5-8(10)12/h4-6H,2-3,12H2,1H3,(H,13,14). The Morgan fingerprint density at radius 1 is 1.47 bits per heavy atom. The van der Waals surface area contributed by atoms with Gasteiger partial charge < -0.3 is 15.6 Å². The molecule has 0 saturated carbocycles. The van der Waals surface area contributed by atoms with Crippen molar-refractivity contribution in [2.75, 3.05) is 17.6 Å². The van der Waals surface area contributed by atoms with Gasteiger partial charge in [-0.2, -0.15) is 0 Å². The average molecular weight is 297 g/mol. The van der Waals surface area contributed by atoms with Crippen LogP contribution in [0.5, 0.6) is 0 Å². The lowest BCUT2D eigenvalue weighted by Gasteiger charge is -2.10. The summed E-state index contributed by atoms with van der Waals surface area (Å²) in [6.45, 7) is 0.735. The van der Waals surface area contributed by atoms with Crippen LogP contribution in [0.1, 0.15) is 5.82 Å². The molecule has 2 aromatic heterocycles. The number of hydrogen-bond donors (Lipinski definition) is 2. The van der Waals surface area contributed by atoms with Gasteiger partial charge in [-0.05, 0) is 15.9 Å². The molecule has 2 heterocycles. The summed E-state index contributed by atoms with van der Waals surface area (Å²) in [4.78, 5) is 3.98. The molecule has 90 valence electrons. The zero-order valence-electron chi connectivity index (χ0n) is 9.39. The second kappa shape index (κ2) is 5.13. The van der Waals surface area contributed by atoms with E-state index >= 15 is 0 Å². The van der Waals surface area contributed by atoms with Gasteiger partial charge in [-0.1, -0.05) is 0 Å². The van der Waals surface area contributed by atoms with E-state index in [-0.39, 0.29) is 0 Å². The predicted octanol–water partition coefficient (Wildman–Crippen LogP) is 1.21. The minimum atomic E-state index is 0.623. The normalized spacial score (nSPS) is 10.5. The molecule has 2 rings (SSSR count). The third-order valence-corrected chi connectivity index (χ3v) is 2.99. The van der Waals surface area contributed by atoms with Crippen LogP contribution in [0.25, 0.3) is 0 Å². The van der Waals surface area contributed by atoms with Crippen LogP contribution in [-0.4, -0.2) is 26.3 Å². The van der Waals surface area contributed by atoms with Crippen molar-refractivity contribution in [2.45, 2.75) is 6.42 Å². The van der Waals surface area contributed by atoms with Gasteiger partial charge in [-0.3, -0.25) is 4.98 Å². The molecular formula is C10H13BrN6. The monoisotopic (exact) mass is 296 g/mol. The molecule has 0 saturated heterocycles. The van der Waals surface area contributed by atoms with Crippen LogP contribution in [0.15, 0.2) is 23.2 Å². The first-order valence-corrected chi connectivity index (χ1v) is 5.93. The maximum atomic E-state index is 5.82. The number of nitrogens with zero attached hydrogens (tertiary/aromatic N) is 4. The summed E-state index contributed by atoms with van der Waals surface area (Å²) in [6.07, 6.45) is 5.80. The zero-order chi connectivity index (χ0) is 12.3. The van der Waals surface area contributed by atoms with Gasteiger partial charge in [0.05, 0.1) is 22.0 Å². The van der Waals surface area contributed by atoms with Crippen molar-refractivity contribution in [3.8, 4) is 0 Å². The molecule has 6 nitrogen and oxygen atoms in total. The molecule has 2 aromatic rings. The number of nitrogen functional groups attached to an aromatic ring is 1. The van der Waals surface area contributed by atoms with Gasteiger partial charge in [-0.25, -0.2) is 0 Å². The highest BCUT2D eigenvalue weighted by Gasteiger charge is 2.05. The molecule has 0 atom stereocenters. The number of nitrogens with two attached hydrogens (primary N) is 1. The Labute approximate surface area is 107 Å². The van der Waals surface area contributed by atoms with E-state index in [2.05, 4.69) is 36.4 Å². The highest BCUT2D eigenvalue weighted by Crippen LogP contribution is 2.26. The Morgan fingerprint density at radius 3 is 2.94 bits per heavy atom. The molecule has 0 amide bonds. The van der Waals surface area contributed by atoms with E-state index < -0.39 is 0 Å². The van der Waals surface area contributed by atoms with Crippen LogP contribution >= 0.6 is 15.9 Å². The molecule has 0 fully saturated rings. The van der Waals surface area contributed by atoms with E-state index in [0.717, 1.165) is 29.0 Å². The van der Waals surface area contributed by atoms with E-state index in [4.69, 9.17) is 5.73 Å².